The second-order valence-electron chi connectivity index (χ2n) is 8.82. The highest BCUT2D eigenvalue weighted by atomic mass is 19.1. The molecular weight excluding hydrogens is 396 g/mol. The average molecular weight is 424 g/mol. The van der Waals surface area contributed by atoms with Gasteiger partial charge in [-0.25, -0.2) is 8.78 Å². The summed E-state index contributed by atoms with van der Waals surface area (Å²) in [4.78, 5) is 9.25. The van der Waals surface area contributed by atoms with E-state index < -0.39 is 0 Å². The predicted molar refractivity (Wildman–Crippen MR) is 114 cm³/mol. The van der Waals surface area contributed by atoms with Crippen LogP contribution in [0.1, 0.15) is 41.9 Å². The summed E-state index contributed by atoms with van der Waals surface area (Å²) in [5.41, 5.74) is 3.91. The lowest BCUT2D eigenvalue weighted by atomic mass is 9.83. The van der Waals surface area contributed by atoms with E-state index in [2.05, 4.69) is 31.9 Å². The molecular formula is C24H27F2N5. The second kappa shape index (κ2) is 8.48. The van der Waals surface area contributed by atoms with Gasteiger partial charge < -0.3 is 0 Å². The first-order valence-corrected chi connectivity index (χ1v) is 10.9. The van der Waals surface area contributed by atoms with E-state index in [1.807, 2.05) is 24.4 Å². The molecule has 5 nitrogen and oxygen atoms in total. The Morgan fingerprint density at radius 1 is 1.16 bits per heavy atom. The lowest BCUT2D eigenvalue weighted by Gasteiger charge is -2.46. The third-order valence-electron chi connectivity index (χ3n) is 6.74. The summed E-state index contributed by atoms with van der Waals surface area (Å²) in [6.07, 6.45) is 5.42. The fourth-order valence-electron chi connectivity index (χ4n) is 5.27. The van der Waals surface area contributed by atoms with Gasteiger partial charge >= 0.3 is 0 Å². The minimum Gasteiger partial charge on any atom is -0.294 e. The van der Waals surface area contributed by atoms with Crippen molar-refractivity contribution in [1.82, 2.24) is 25.0 Å². The molecule has 1 fully saturated rings. The summed E-state index contributed by atoms with van der Waals surface area (Å²) in [6.45, 7) is 5.47. The molecule has 5 rings (SSSR count). The molecule has 2 aliphatic rings. The molecule has 0 amide bonds. The smallest absolute Gasteiger partial charge is 0.128 e. The van der Waals surface area contributed by atoms with Crippen molar-refractivity contribution in [2.45, 2.75) is 44.9 Å². The highest BCUT2D eigenvalue weighted by Crippen LogP contribution is 2.40. The Balaban J connectivity index is 1.40. The Labute approximate surface area is 181 Å². The zero-order valence-electron chi connectivity index (χ0n) is 17.6. The quantitative estimate of drug-likeness (QED) is 0.672. The predicted octanol–water partition coefficient (Wildman–Crippen LogP) is 4.09. The van der Waals surface area contributed by atoms with E-state index in [4.69, 9.17) is 0 Å². The van der Waals surface area contributed by atoms with Gasteiger partial charge in [-0.15, -0.1) is 0 Å². The number of aromatic amines is 1. The Morgan fingerprint density at radius 3 is 2.87 bits per heavy atom. The number of H-pyrrole nitrogens is 1. The monoisotopic (exact) mass is 423 g/mol. The van der Waals surface area contributed by atoms with Gasteiger partial charge in [-0.2, -0.15) is 5.10 Å². The Kier molecular flexibility index (Phi) is 5.54. The number of aromatic nitrogens is 3. The maximum Gasteiger partial charge on any atom is 0.128 e. The zero-order chi connectivity index (χ0) is 21.4. The van der Waals surface area contributed by atoms with Crippen molar-refractivity contribution >= 4 is 0 Å². The van der Waals surface area contributed by atoms with E-state index in [1.54, 1.807) is 6.20 Å². The molecule has 3 atom stereocenters. The van der Waals surface area contributed by atoms with E-state index in [0.29, 0.717) is 11.6 Å². The number of likely N-dealkylation sites (tertiary alicyclic amines) is 1. The van der Waals surface area contributed by atoms with Gasteiger partial charge in [0.1, 0.15) is 11.6 Å². The lowest BCUT2D eigenvalue weighted by molar-refractivity contribution is 0.0219. The van der Waals surface area contributed by atoms with Crippen LogP contribution in [0.2, 0.25) is 0 Å². The van der Waals surface area contributed by atoms with Gasteiger partial charge in [0.05, 0.1) is 11.9 Å². The molecule has 0 radical (unpaired) electrons. The van der Waals surface area contributed by atoms with Crippen molar-refractivity contribution < 1.29 is 8.78 Å². The molecule has 1 saturated heterocycles. The van der Waals surface area contributed by atoms with Crippen LogP contribution in [0.15, 0.2) is 48.8 Å². The lowest BCUT2D eigenvalue weighted by Crippen LogP contribution is -2.51. The van der Waals surface area contributed by atoms with Gasteiger partial charge in [0, 0.05) is 67.7 Å². The molecule has 4 heterocycles. The van der Waals surface area contributed by atoms with Crippen molar-refractivity contribution in [3.63, 3.8) is 0 Å². The number of benzene rings is 1. The number of nitrogens with zero attached hydrogens (tertiary/aromatic N) is 4. The molecule has 162 valence electrons. The van der Waals surface area contributed by atoms with Crippen LogP contribution in [0.4, 0.5) is 8.78 Å². The Hall–Kier alpha value is -2.64. The van der Waals surface area contributed by atoms with E-state index in [0.717, 1.165) is 44.7 Å². The molecule has 31 heavy (non-hydrogen) atoms. The molecule has 0 saturated carbocycles. The second-order valence-corrected chi connectivity index (χ2v) is 8.82. The van der Waals surface area contributed by atoms with Gasteiger partial charge in [0.2, 0.25) is 0 Å². The number of hydrogen-bond donors (Lipinski definition) is 1. The molecule has 2 aromatic heterocycles. The van der Waals surface area contributed by atoms with E-state index in [-0.39, 0.29) is 23.6 Å². The van der Waals surface area contributed by atoms with Crippen LogP contribution in [-0.4, -0.2) is 44.1 Å². The van der Waals surface area contributed by atoms with Gasteiger partial charge in [0.25, 0.3) is 0 Å². The van der Waals surface area contributed by atoms with E-state index in [1.165, 1.54) is 29.5 Å². The van der Waals surface area contributed by atoms with Crippen LogP contribution in [0.3, 0.4) is 0 Å². The molecule has 7 heteroatoms. The van der Waals surface area contributed by atoms with Gasteiger partial charge in [0.15, 0.2) is 0 Å². The van der Waals surface area contributed by atoms with Crippen LogP contribution in [0.5, 0.6) is 0 Å². The highest BCUT2D eigenvalue weighted by Gasteiger charge is 2.39. The first kappa shape index (κ1) is 20.3. The fourth-order valence-corrected chi connectivity index (χ4v) is 5.27. The Bertz CT molecular complexity index is 1020. The van der Waals surface area contributed by atoms with Crippen LogP contribution < -0.4 is 0 Å². The topological polar surface area (TPSA) is 48.1 Å². The molecule has 2 aliphatic heterocycles. The minimum atomic E-state index is -0.388. The summed E-state index contributed by atoms with van der Waals surface area (Å²) in [7, 11) is 0. The number of pyridine rings is 1. The van der Waals surface area contributed by atoms with Crippen LogP contribution >= 0.6 is 0 Å². The first-order valence-electron chi connectivity index (χ1n) is 10.9. The number of nitrogens with one attached hydrogen (secondary N) is 1. The largest absolute Gasteiger partial charge is 0.294 e. The normalized spacial score (nSPS) is 24.4. The summed E-state index contributed by atoms with van der Waals surface area (Å²) in [5, 5.41) is 7.24. The molecule has 0 aliphatic carbocycles. The standard InChI is InChI=1S/C24H27F2N5/c1-16-10-20(31-13-17-12-28-29-23(17)15-31)14-30(9-7-19-4-2-3-8-27-19)24(16)21-11-18(25)5-6-22(21)26/h2-6,8,11-12,16,20,24H,7,9-10,13-15H2,1H3,(H,28,29)/t16-,20+,24?/m0/s1. The average Bonchev–Trinajstić information content (AvgIpc) is 3.37. The van der Waals surface area contributed by atoms with Crippen molar-refractivity contribution in [1.29, 1.82) is 0 Å². The SMILES string of the molecule is C[C@H]1C[C@@H](N2Cc3cn[nH]c3C2)CN(CCc2ccccn2)C1c1cc(F)ccc1F. The van der Waals surface area contributed by atoms with E-state index >= 15 is 0 Å². The molecule has 3 aromatic rings. The number of fused-ring (bicyclic) bond motifs is 1. The van der Waals surface area contributed by atoms with Crippen molar-refractivity contribution in [2.24, 2.45) is 5.92 Å². The Morgan fingerprint density at radius 2 is 2.06 bits per heavy atom. The van der Waals surface area contributed by atoms with Gasteiger partial charge in [-0.3, -0.25) is 19.9 Å². The number of halogens is 2. The van der Waals surface area contributed by atoms with E-state index in [9.17, 15) is 8.78 Å². The highest BCUT2D eigenvalue weighted by molar-refractivity contribution is 5.25. The number of piperidine rings is 1. The summed E-state index contributed by atoms with van der Waals surface area (Å²) in [6, 6.07) is 9.92. The van der Waals surface area contributed by atoms with Gasteiger partial charge in [-0.1, -0.05) is 13.0 Å². The fraction of sp³-hybridized carbons (Fsp3) is 0.417. The molecule has 1 unspecified atom stereocenters. The van der Waals surface area contributed by atoms with Crippen LogP contribution in [0, 0.1) is 17.6 Å². The van der Waals surface area contributed by atoms with Gasteiger partial charge in [-0.05, 0) is 42.7 Å². The third kappa shape index (κ3) is 4.12. The van der Waals surface area contributed by atoms with Crippen molar-refractivity contribution in [3.05, 3.63) is 82.9 Å². The summed E-state index contributed by atoms with van der Waals surface area (Å²) >= 11 is 0. The molecule has 0 spiro atoms. The molecule has 0 bridgehead atoms. The number of rotatable bonds is 5. The third-order valence-corrected chi connectivity index (χ3v) is 6.74. The van der Waals surface area contributed by atoms with Crippen molar-refractivity contribution in [2.75, 3.05) is 13.1 Å². The minimum absolute atomic E-state index is 0.155. The maximum atomic E-state index is 14.8. The summed E-state index contributed by atoms with van der Waals surface area (Å²) in [5.74, 6) is -0.529. The van der Waals surface area contributed by atoms with Crippen LogP contribution in [-0.2, 0) is 19.5 Å². The molecule has 1 N–H and O–H groups in total. The zero-order valence-corrected chi connectivity index (χ0v) is 17.6. The number of hydrogen-bond acceptors (Lipinski definition) is 4. The molecule has 1 aromatic carbocycles. The first-order chi connectivity index (χ1) is 15.1. The van der Waals surface area contributed by atoms with Crippen molar-refractivity contribution in [3.8, 4) is 0 Å². The summed E-state index contributed by atoms with van der Waals surface area (Å²) < 4.78 is 28.8. The maximum absolute atomic E-state index is 14.8. The van der Waals surface area contributed by atoms with Crippen LogP contribution in [0.25, 0.3) is 0 Å².